The van der Waals surface area contributed by atoms with Crippen molar-refractivity contribution in [3.05, 3.63) is 63.8 Å². The molecule has 4 nitrogen and oxygen atoms in total. The van der Waals surface area contributed by atoms with Crippen LogP contribution in [0.15, 0.2) is 47.7 Å². The van der Waals surface area contributed by atoms with E-state index in [-0.39, 0.29) is 10.6 Å². The second-order valence-electron chi connectivity index (χ2n) is 5.14. The van der Waals surface area contributed by atoms with Gasteiger partial charge in [-0.2, -0.15) is 0 Å². The Kier molecular flexibility index (Phi) is 2.91. The van der Waals surface area contributed by atoms with Gasteiger partial charge in [0, 0.05) is 18.0 Å². The molecule has 0 amide bonds. The Hall–Kier alpha value is -2.07. The molecule has 0 spiro atoms. The highest BCUT2D eigenvalue weighted by Crippen LogP contribution is 2.35. The van der Waals surface area contributed by atoms with Gasteiger partial charge >= 0.3 is 0 Å². The van der Waals surface area contributed by atoms with E-state index < -0.39 is 5.60 Å². The summed E-state index contributed by atoms with van der Waals surface area (Å²) < 4.78 is 7.39. The Morgan fingerprint density at radius 2 is 2.15 bits per heavy atom. The number of nitrogens with zero attached hydrogens (tertiary/aromatic N) is 2. The molecule has 0 unspecified atom stereocenters. The second kappa shape index (κ2) is 4.49. The van der Waals surface area contributed by atoms with Crippen molar-refractivity contribution in [3.8, 4) is 5.75 Å². The standard InChI is InChI=1S/C15H13ClN2O2/c1-15(2)8-12(10-5-6-17-9-13(10)20-15)18-7-3-4-11(16)14(18)19/h3-9H,1-2H3. The quantitative estimate of drug-likeness (QED) is 0.810. The molecule has 102 valence electrons. The van der Waals surface area contributed by atoms with E-state index in [4.69, 9.17) is 16.3 Å². The third kappa shape index (κ3) is 2.12. The van der Waals surface area contributed by atoms with E-state index in [1.165, 1.54) is 4.57 Å². The van der Waals surface area contributed by atoms with E-state index in [0.29, 0.717) is 5.75 Å². The molecule has 2 aromatic heterocycles. The fraction of sp³-hybridized carbons (Fsp3) is 0.200. The predicted octanol–water partition coefficient (Wildman–Crippen LogP) is 2.96. The maximum absolute atomic E-state index is 12.2. The molecular weight excluding hydrogens is 276 g/mol. The number of hydrogen-bond donors (Lipinski definition) is 0. The molecule has 3 heterocycles. The summed E-state index contributed by atoms with van der Waals surface area (Å²) in [5.74, 6) is 0.655. The monoisotopic (exact) mass is 288 g/mol. The lowest BCUT2D eigenvalue weighted by Crippen LogP contribution is -2.32. The van der Waals surface area contributed by atoms with Crippen molar-refractivity contribution in [3.63, 3.8) is 0 Å². The van der Waals surface area contributed by atoms with Crippen LogP contribution in [0.2, 0.25) is 5.02 Å². The maximum atomic E-state index is 12.2. The lowest BCUT2D eigenvalue weighted by molar-refractivity contribution is 0.156. The zero-order valence-corrected chi connectivity index (χ0v) is 11.9. The number of fused-ring (bicyclic) bond motifs is 1. The molecule has 0 N–H and O–H groups in total. The molecule has 0 bridgehead atoms. The third-order valence-corrected chi connectivity index (χ3v) is 3.37. The summed E-state index contributed by atoms with van der Waals surface area (Å²) in [5.41, 5.74) is 0.809. The van der Waals surface area contributed by atoms with Crippen molar-refractivity contribution in [2.24, 2.45) is 0 Å². The van der Waals surface area contributed by atoms with Crippen LogP contribution in [0.25, 0.3) is 5.70 Å². The molecule has 3 rings (SSSR count). The van der Waals surface area contributed by atoms with E-state index >= 15 is 0 Å². The normalized spacial score (nSPS) is 16.1. The third-order valence-electron chi connectivity index (χ3n) is 3.08. The Labute approximate surface area is 121 Å². The van der Waals surface area contributed by atoms with Crippen LogP contribution in [0.5, 0.6) is 5.75 Å². The number of hydrogen-bond acceptors (Lipinski definition) is 3. The van der Waals surface area contributed by atoms with E-state index in [2.05, 4.69) is 4.98 Å². The highest BCUT2D eigenvalue weighted by molar-refractivity contribution is 6.30. The molecule has 0 aliphatic carbocycles. The first kappa shape index (κ1) is 12.9. The Morgan fingerprint density at radius 3 is 2.95 bits per heavy atom. The van der Waals surface area contributed by atoms with Gasteiger partial charge in [-0.05, 0) is 38.1 Å². The Balaban J connectivity index is 2.28. The highest BCUT2D eigenvalue weighted by atomic mass is 35.5. The van der Waals surface area contributed by atoms with Crippen LogP contribution >= 0.6 is 11.6 Å². The van der Waals surface area contributed by atoms with E-state index in [9.17, 15) is 4.79 Å². The van der Waals surface area contributed by atoms with Crippen molar-refractivity contribution in [1.29, 1.82) is 0 Å². The summed E-state index contributed by atoms with van der Waals surface area (Å²) in [6.45, 7) is 3.86. The van der Waals surface area contributed by atoms with Gasteiger partial charge in [0.15, 0.2) is 0 Å². The van der Waals surface area contributed by atoms with Crippen molar-refractivity contribution < 1.29 is 4.74 Å². The highest BCUT2D eigenvalue weighted by Gasteiger charge is 2.27. The molecule has 0 radical (unpaired) electrons. The zero-order chi connectivity index (χ0) is 14.3. The lowest BCUT2D eigenvalue weighted by atomic mass is 10.00. The average molecular weight is 289 g/mol. The fourth-order valence-electron chi connectivity index (χ4n) is 2.25. The molecule has 0 saturated carbocycles. The number of ether oxygens (including phenoxy) is 1. The second-order valence-corrected chi connectivity index (χ2v) is 5.55. The summed E-state index contributed by atoms with van der Waals surface area (Å²) in [6, 6.07) is 5.15. The minimum atomic E-state index is -0.521. The van der Waals surface area contributed by atoms with Crippen LogP contribution in [0.1, 0.15) is 19.4 Å². The first-order valence-electron chi connectivity index (χ1n) is 6.22. The fourth-order valence-corrected chi connectivity index (χ4v) is 2.41. The van der Waals surface area contributed by atoms with Crippen molar-refractivity contribution in [2.45, 2.75) is 19.4 Å². The van der Waals surface area contributed by atoms with Crippen LogP contribution in [0.4, 0.5) is 0 Å². The molecule has 0 saturated heterocycles. The minimum Gasteiger partial charge on any atom is -0.481 e. The van der Waals surface area contributed by atoms with Gasteiger partial charge in [0.25, 0.3) is 5.56 Å². The molecule has 0 atom stereocenters. The number of halogens is 1. The van der Waals surface area contributed by atoms with Crippen molar-refractivity contribution in [2.75, 3.05) is 0 Å². The van der Waals surface area contributed by atoms with Gasteiger partial charge in [-0.3, -0.25) is 14.3 Å². The Morgan fingerprint density at radius 1 is 1.35 bits per heavy atom. The van der Waals surface area contributed by atoms with Crippen LogP contribution in [0, 0.1) is 0 Å². The van der Waals surface area contributed by atoms with E-state index in [0.717, 1.165) is 11.3 Å². The summed E-state index contributed by atoms with van der Waals surface area (Å²) in [6.07, 6.45) is 6.93. The molecule has 0 aromatic carbocycles. The smallest absolute Gasteiger partial charge is 0.273 e. The summed E-state index contributed by atoms with van der Waals surface area (Å²) >= 11 is 5.93. The summed E-state index contributed by atoms with van der Waals surface area (Å²) in [7, 11) is 0. The largest absolute Gasteiger partial charge is 0.481 e. The summed E-state index contributed by atoms with van der Waals surface area (Å²) in [4.78, 5) is 16.3. The maximum Gasteiger partial charge on any atom is 0.273 e. The van der Waals surface area contributed by atoms with E-state index in [1.807, 2.05) is 26.0 Å². The first-order chi connectivity index (χ1) is 9.48. The van der Waals surface area contributed by atoms with Crippen LogP contribution < -0.4 is 10.3 Å². The van der Waals surface area contributed by atoms with Crippen molar-refractivity contribution >= 4 is 17.3 Å². The van der Waals surface area contributed by atoms with Crippen LogP contribution in [-0.2, 0) is 0 Å². The lowest BCUT2D eigenvalue weighted by Gasteiger charge is -2.31. The van der Waals surface area contributed by atoms with Crippen molar-refractivity contribution in [1.82, 2.24) is 9.55 Å². The minimum absolute atomic E-state index is 0.188. The molecular formula is C15H13ClN2O2. The molecule has 5 heteroatoms. The predicted molar refractivity (Wildman–Crippen MR) is 78.0 cm³/mol. The van der Waals surface area contributed by atoms with E-state index in [1.54, 1.807) is 30.7 Å². The number of aromatic nitrogens is 2. The molecule has 1 aliphatic rings. The average Bonchev–Trinajstić information content (AvgIpc) is 2.40. The van der Waals surface area contributed by atoms with Gasteiger partial charge in [-0.15, -0.1) is 0 Å². The van der Waals surface area contributed by atoms with Gasteiger partial charge in [-0.25, -0.2) is 0 Å². The first-order valence-corrected chi connectivity index (χ1v) is 6.59. The van der Waals surface area contributed by atoms with Gasteiger partial charge in [0.2, 0.25) is 0 Å². The van der Waals surface area contributed by atoms with Gasteiger partial charge in [0.1, 0.15) is 16.4 Å². The molecule has 1 aliphatic heterocycles. The Bertz CT molecular complexity index is 762. The summed E-state index contributed by atoms with van der Waals surface area (Å²) in [5, 5.41) is 0.188. The topological polar surface area (TPSA) is 44.1 Å². The molecule has 2 aromatic rings. The molecule has 0 fully saturated rings. The van der Waals surface area contributed by atoms with Crippen LogP contribution in [0.3, 0.4) is 0 Å². The van der Waals surface area contributed by atoms with Crippen LogP contribution in [-0.4, -0.2) is 15.2 Å². The SMILES string of the molecule is CC1(C)C=C(n2cccc(Cl)c2=O)c2ccncc2O1. The zero-order valence-electron chi connectivity index (χ0n) is 11.1. The van der Waals surface area contributed by atoms with Gasteiger partial charge in [-0.1, -0.05) is 11.6 Å². The molecule has 20 heavy (non-hydrogen) atoms. The van der Waals surface area contributed by atoms with Gasteiger partial charge in [0.05, 0.1) is 11.9 Å². The number of rotatable bonds is 1. The number of pyridine rings is 2. The van der Waals surface area contributed by atoms with Gasteiger partial charge < -0.3 is 4.74 Å².